The lowest BCUT2D eigenvalue weighted by molar-refractivity contribution is 0.102. The van der Waals surface area contributed by atoms with Crippen molar-refractivity contribution in [3.8, 4) is 5.75 Å². The average molecular weight is 362 g/mol. The zero-order valence-electron chi connectivity index (χ0n) is 11.0. The number of Topliss-reactive ketones (excluding diaryl/α,β-unsaturated/α-hetero) is 1. The fraction of sp³-hybridized carbons (Fsp3) is 0.133. The van der Waals surface area contributed by atoms with Crippen LogP contribution in [0.5, 0.6) is 5.75 Å². The predicted octanol–water partition coefficient (Wildman–Crippen LogP) is 5.63. The van der Waals surface area contributed by atoms with Crippen LogP contribution in [0.3, 0.4) is 0 Å². The number of hydrogen-bond donors (Lipinski definition) is 0. The number of carbonyl (C=O) groups is 1. The lowest BCUT2D eigenvalue weighted by atomic mass is 10.1. The van der Waals surface area contributed by atoms with Gasteiger partial charge < -0.3 is 4.74 Å². The lowest BCUT2D eigenvalue weighted by Crippen LogP contribution is -2.02. The number of thioether (sulfide) groups is 1. The van der Waals surface area contributed by atoms with Crippen LogP contribution in [0.15, 0.2) is 41.3 Å². The second kappa shape index (κ2) is 7.41. The van der Waals surface area contributed by atoms with Crippen molar-refractivity contribution in [2.75, 3.05) is 12.9 Å². The number of halogens is 3. The molecule has 0 saturated carbocycles. The summed E-state index contributed by atoms with van der Waals surface area (Å²) in [6.45, 7) is 0. The molecule has 0 spiro atoms. The Kier molecular flexibility index (Phi) is 5.82. The minimum Gasteiger partial charge on any atom is -0.495 e. The third kappa shape index (κ3) is 4.30. The molecule has 2 rings (SSSR count). The number of ether oxygens (including phenoxy) is 1. The molecule has 0 fully saturated rings. The molecule has 0 aromatic heterocycles. The molecule has 0 aliphatic heterocycles. The fourth-order valence-corrected chi connectivity index (χ4v) is 3.09. The van der Waals surface area contributed by atoms with Gasteiger partial charge in [0.05, 0.1) is 27.9 Å². The van der Waals surface area contributed by atoms with E-state index in [1.54, 1.807) is 30.3 Å². The van der Waals surface area contributed by atoms with Gasteiger partial charge in [-0.05, 0) is 36.4 Å². The molecule has 0 saturated heterocycles. The summed E-state index contributed by atoms with van der Waals surface area (Å²) in [7, 11) is 1.53. The Balaban J connectivity index is 2.04. The number of hydrogen-bond acceptors (Lipinski definition) is 3. The van der Waals surface area contributed by atoms with Crippen LogP contribution >= 0.6 is 46.6 Å². The first kappa shape index (κ1) is 16.5. The van der Waals surface area contributed by atoms with Crippen molar-refractivity contribution >= 4 is 52.3 Å². The van der Waals surface area contributed by atoms with Gasteiger partial charge in [-0.15, -0.1) is 11.8 Å². The minimum atomic E-state index is -0.0179. The van der Waals surface area contributed by atoms with E-state index in [-0.39, 0.29) is 5.78 Å². The largest absolute Gasteiger partial charge is 0.495 e. The van der Waals surface area contributed by atoms with Gasteiger partial charge in [0.1, 0.15) is 5.75 Å². The average Bonchev–Trinajstić information content (AvgIpc) is 2.48. The van der Waals surface area contributed by atoms with Crippen LogP contribution in [-0.2, 0) is 0 Å². The van der Waals surface area contributed by atoms with Crippen molar-refractivity contribution < 1.29 is 9.53 Å². The summed E-state index contributed by atoms with van der Waals surface area (Å²) in [5.41, 5.74) is 0.549. The van der Waals surface area contributed by atoms with Gasteiger partial charge >= 0.3 is 0 Å². The van der Waals surface area contributed by atoms with Gasteiger partial charge in [0.15, 0.2) is 5.78 Å². The Morgan fingerprint density at radius 3 is 2.43 bits per heavy atom. The van der Waals surface area contributed by atoms with Crippen molar-refractivity contribution in [1.82, 2.24) is 0 Å². The van der Waals surface area contributed by atoms with E-state index in [9.17, 15) is 4.79 Å². The summed E-state index contributed by atoms with van der Waals surface area (Å²) in [5.74, 6) is 0.821. The standard InChI is InChI=1S/C15H11Cl3O2S/c1-20-15-5-2-9(6-13(15)18)14(19)8-21-10-3-4-11(16)12(17)7-10/h2-7H,8H2,1H3. The smallest absolute Gasteiger partial charge is 0.173 e. The quantitative estimate of drug-likeness (QED) is 0.510. The summed E-state index contributed by atoms with van der Waals surface area (Å²) in [6, 6.07) is 10.3. The zero-order valence-corrected chi connectivity index (χ0v) is 14.1. The molecule has 0 aliphatic rings. The number of methoxy groups -OCH3 is 1. The number of benzene rings is 2. The maximum atomic E-state index is 12.1. The summed E-state index contributed by atoms with van der Waals surface area (Å²) < 4.78 is 5.06. The molecule has 0 atom stereocenters. The summed E-state index contributed by atoms with van der Waals surface area (Å²) >= 11 is 19.2. The fourth-order valence-electron chi connectivity index (χ4n) is 1.64. The van der Waals surface area contributed by atoms with E-state index in [0.717, 1.165) is 4.90 Å². The van der Waals surface area contributed by atoms with E-state index in [1.165, 1.54) is 18.9 Å². The molecule has 2 aromatic rings. The molecule has 0 N–H and O–H groups in total. The molecule has 6 heteroatoms. The van der Waals surface area contributed by atoms with Crippen molar-refractivity contribution in [1.29, 1.82) is 0 Å². The number of rotatable bonds is 5. The molecule has 0 radical (unpaired) electrons. The molecule has 21 heavy (non-hydrogen) atoms. The Morgan fingerprint density at radius 1 is 1.05 bits per heavy atom. The van der Waals surface area contributed by atoms with E-state index in [4.69, 9.17) is 39.5 Å². The van der Waals surface area contributed by atoms with Crippen LogP contribution in [0.2, 0.25) is 15.1 Å². The van der Waals surface area contributed by atoms with Gasteiger partial charge in [-0.1, -0.05) is 34.8 Å². The molecule has 0 bridgehead atoms. The molecule has 0 heterocycles. The van der Waals surface area contributed by atoms with Crippen molar-refractivity contribution in [2.45, 2.75) is 4.90 Å². The van der Waals surface area contributed by atoms with Crippen LogP contribution < -0.4 is 4.74 Å². The van der Waals surface area contributed by atoms with E-state index in [0.29, 0.717) is 32.1 Å². The Hall–Kier alpha value is -0.870. The first-order valence-corrected chi connectivity index (χ1v) is 8.08. The zero-order chi connectivity index (χ0) is 15.4. The molecule has 0 unspecified atom stereocenters. The third-order valence-electron chi connectivity index (χ3n) is 2.73. The van der Waals surface area contributed by atoms with Gasteiger partial charge in [-0.3, -0.25) is 4.79 Å². The molecule has 0 amide bonds. The normalized spacial score (nSPS) is 10.5. The van der Waals surface area contributed by atoms with Gasteiger partial charge in [-0.25, -0.2) is 0 Å². The molecule has 2 aromatic carbocycles. The van der Waals surface area contributed by atoms with Crippen LogP contribution in [0.25, 0.3) is 0 Å². The maximum absolute atomic E-state index is 12.1. The lowest BCUT2D eigenvalue weighted by Gasteiger charge is -2.06. The summed E-state index contributed by atoms with van der Waals surface area (Å²) in [4.78, 5) is 13.0. The van der Waals surface area contributed by atoms with Crippen molar-refractivity contribution in [3.63, 3.8) is 0 Å². The van der Waals surface area contributed by atoms with Gasteiger partial charge in [-0.2, -0.15) is 0 Å². The van der Waals surface area contributed by atoms with Gasteiger partial charge in [0.25, 0.3) is 0 Å². The molecule has 0 aliphatic carbocycles. The van der Waals surface area contributed by atoms with Crippen LogP contribution in [0, 0.1) is 0 Å². The predicted molar refractivity (Wildman–Crippen MR) is 89.5 cm³/mol. The summed E-state index contributed by atoms with van der Waals surface area (Å²) in [6.07, 6.45) is 0. The number of ketones is 1. The highest BCUT2D eigenvalue weighted by molar-refractivity contribution is 8.00. The Morgan fingerprint density at radius 2 is 1.81 bits per heavy atom. The van der Waals surface area contributed by atoms with Crippen LogP contribution in [0.4, 0.5) is 0 Å². The maximum Gasteiger partial charge on any atom is 0.173 e. The highest BCUT2D eigenvalue weighted by atomic mass is 35.5. The second-order valence-corrected chi connectivity index (χ2v) is 6.41. The highest BCUT2D eigenvalue weighted by Crippen LogP contribution is 2.29. The monoisotopic (exact) mass is 360 g/mol. The van der Waals surface area contributed by atoms with Crippen molar-refractivity contribution in [3.05, 3.63) is 57.0 Å². The first-order chi connectivity index (χ1) is 10.0. The molecular weight excluding hydrogens is 351 g/mol. The topological polar surface area (TPSA) is 26.3 Å². The highest BCUT2D eigenvalue weighted by Gasteiger charge is 2.10. The first-order valence-electron chi connectivity index (χ1n) is 5.96. The summed E-state index contributed by atoms with van der Waals surface area (Å²) in [5, 5.41) is 1.39. The van der Waals surface area contributed by atoms with E-state index >= 15 is 0 Å². The number of carbonyl (C=O) groups excluding carboxylic acids is 1. The Bertz CT molecular complexity index is 674. The third-order valence-corrected chi connectivity index (χ3v) is 4.76. The Labute approximate surface area is 142 Å². The second-order valence-electron chi connectivity index (χ2n) is 4.14. The van der Waals surface area contributed by atoms with E-state index in [1.807, 2.05) is 6.07 Å². The molecular formula is C15H11Cl3O2S. The van der Waals surface area contributed by atoms with E-state index < -0.39 is 0 Å². The molecule has 110 valence electrons. The van der Waals surface area contributed by atoms with Gasteiger partial charge in [0, 0.05) is 10.5 Å². The van der Waals surface area contributed by atoms with Crippen LogP contribution in [0.1, 0.15) is 10.4 Å². The van der Waals surface area contributed by atoms with Crippen molar-refractivity contribution in [2.24, 2.45) is 0 Å². The van der Waals surface area contributed by atoms with Crippen LogP contribution in [-0.4, -0.2) is 18.6 Å². The minimum absolute atomic E-state index is 0.0179. The van der Waals surface area contributed by atoms with E-state index in [2.05, 4.69) is 0 Å². The van der Waals surface area contributed by atoms with Gasteiger partial charge in [0.2, 0.25) is 0 Å². The SMILES string of the molecule is COc1ccc(C(=O)CSc2ccc(Cl)c(Cl)c2)cc1Cl. The molecule has 2 nitrogen and oxygen atoms in total.